The van der Waals surface area contributed by atoms with Crippen molar-refractivity contribution in [1.29, 1.82) is 0 Å². The van der Waals surface area contributed by atoms with Crippen molar-refractivity contribution >= 4 is 17.7 Å². The van der Waals surface area contributed by atoms with Gasteiger partial charge in [0.05, 0.1) is 0 Å². The van der Waals surface area contributed by atoms with Crippen LogP contribution < -0.4 is 10.6 Å². The first-order valence-electron chi connectivity index (χ1n) is 6.30. The average Bonchev–Trinajstić information content (AvgIpc) is 2.40. The highest BCUT2D eigenvalue weighted by Gasteiger charge is 2.19. The normalized spacial score (nSPS) is 11.8. The zero-order valence-corrected chi connectivity index (χ0v) is 11.3. The summed E-state index contributed by atoms with van der Waals surface area (Å²) >= 11 is 0. The molecule has 0 bridgehead atoms. The molecule has 8 heteroatoms. The van der Waals surface area contributed by atoms with Gasteiger partial charge in [0.15, 0.2) is 17.5 Å². The molecule has 1 atom stereocenters. The van der Waals surface area contributed by atoms with Gasteiger partial charge in [-0.25, -0.2) is 22.8 Å². The first-order chi connectivity index (χ1) is 9.85. The van der Waals surface area contributed by atoms with Gasteiger partial charge in [-0.3, -0.25) is 0 Å². The van der Waals surface area contributed by atoms with E-state index in [1.54, 1.807) is 0 Å². The highest BCUT2D eigenvalue weighted by Crippen LogP contribution is 2.17. The van der Waals surface area contributed by atoms with Crippen LogP contribution in [0.15, 0.2) is 12.1 Å². The number of carboxylic acid groups (broad SMARTS) is 1. The number of carbonyl (C=O) groups excluding carboxylic acids is 1. The van der Waals surface area contributed by atoms with Crippen molar-refractivity contribution in [3.05, 3.63) is 29.6 Å². The Morgan fingerprint density at radius 1 is 1.24 bits per heavy atom. The molecule has 5 nitrogen and oxygen atoms in total. The van der Waals surface area contributed by atoms with E-state index in [2.05, 4.69) is 10.6 Å². The number of urea groups is 1. The number of carboxylic acids is 1. The second-order valence-electron chi connectivity index (χ2n) is 4.39. The van der Waals surface area contributed by atoms with Crippen molar-refractivity contribution in [3.63, 3.8) is 0 Å². The molecule has 0 unspecified atom stereocenters. The lowest BCUT2D eigenvalue weighted by molar-refractivity contribution is -0.139. The van der Waals surface area contributed by atoms with E-state index in [1.807, 2.05) is 6.92 Å². The van der Waals surface area contributed by atoms with Crippen LogP contribution in [0.2, 0.25) is 0 Å². The van der Waals surface area contributed by atoms with E-state index >= 15 is 0 Å². The van der Waals surface area contributed by atoms with E-state index in [1.165, 1.54) is 0 Å². The lowest BCUT2D eigenvalue weighted by Crippen LogP contribution is -2.43. The summed E-state index contributed by atoms with van der Waals surface area (Å²) in [5.74, 6) is -5.76. The van der Waals surface area contributed by atoms with E-state index < -0.39 is 35.5 Å². The van der Waals surface area contributed by atoms with Gasteiger partial charge < -0.3 is 15.7 Å². The number of carbonyl (C=O) groups is 2. The van der Waals surface area contributed by atoms with Gasteiger partial charge in [0.1, 0.15) is 6.04 Å². The predicted molar refractivity (Wildman–Crippen MR) is 69.4 cm³/mol. The molecule has 0 saturated heterocycles. The standard InChI is InChI=1S/C13H15F3N2O3/c1-2-3-4-10(12(19)20)18-13(21)17-7-5-8(14)11(16)9(15)6-7/h5-6,10H,2-4H2,1H3,(H,19,20)(H2,17,18,21)/t10-/m0/s1. The van der Waals surface area contributed by atoms with Crippen LogP contribution in [0.25, 0.3) is 0 Å². The number of halogens is 3. The predicted octanol–water partition coefficient (Wildman–Crippen LogP) is 2.87. The van der Waals surface area contributed by atoms with Crippen LogP contribution in [0.5, 0.6) is 0 Å². The first kappa shape index (κ1) is 16.8. The average molecular weight is 304 g/mol. The fraction of sp³-hybridized carbons (Fsp3) is 0.385. The topological polar surface area (TPSA) is 78.4 Å². The third-order valence-corrected chi connectivity index (χ3v) is 2.69. The maximum Gasteiger partial charge on any atom is 0.326 e. The third kappa shape index (κ3) is 4.97. The molecular weight excluding hydrogens is 289 g/mol. The highest BCUT2D eigenvalue weighted by molar-refractivity contribution is 5.92. The molecule has 1 aromatic rings. The summed E-state index contributed by atoms with van der Waals surface area (Å²) < 4.78 is 38.7. The first-order valence-corrected chi connectivity index (χ1v) is 6.30. The second kappa shape index (κ2) is 7.51. The summed E-state index contributed by atoms with van der Waals surface area (Å²) in [5.41, 5.74) is -0.316. The molecule has 0 saturated carbocycles. The van der Waals surface area contributed by atoms with Crippen LogP contribution in [0, 0.1) is 17.5 Å². The Hall–Kier alpha value is -2.25. The van der Waals surface area contributed by atoms with E-state index in [4.69, 9.17) is 5.11 Å². The van der Waals surface area contributed by atoms with Crippen LogP contribution in [0.1, 0.15) is 26.2 Å². The minimum Gasteiger partial charge on any atom is -0.480 e. The summed E-state index contributed by atoms with van der Waals surface area (Å²) in [6.07, 6.45) is 1.57. The fourth-order valence-electron chi connectivity index (χ4n) is 1.62. The monoisotopic (exact) mass is 304 g/mol. The number of amides is 2. The number of aliphatic carboxylic acids is 1. The molecule has 0 aliphatic carbocycles. The molecule has 0 aromatic heterocycles. The lowest BCUT2D eigenvalue weighted by Gasteiger charge is -2.15. The number of rotatable bonds is 6. The van der Waals surface area contributed by atoms with Gasteiger partial charge in [-0.05, 0) is 6.42 Å². The summed E-state index contributed by atoms with van der Waals surface area (Å²) in [6.45, 7) is 1.86. The Labute approximate surface area is 119 Å². The number of hydrogen-bond donors (Lipinski definition) is 3. The minimum atomic E-state index is -1.65. The molecule has 0 aliphatic heterocycles. The smallest absolute Gasteiger partial charge is 0.326 e. The van der Waals surface area contributed by atoms with E-state index in [-0.39, 0.29) is 12.1 Å². The van der Waals surface area contributed by atoms with Crippen molar-refractivity contribution in [2.75, 3.05) is 5.32 Å². The number of hydrogen-bond acceptors (Lipinski definition) is 2. The van der Waals surface area contributed by atoms with Crippen LogP contribution in [0.4, 0.5) is 23.7 Å². The molecule has 21 heavy (non-hydrogen) atoms. The van der Waals surface area contributed by atoms with Gasteiger partial charge >= 0.3 is 12.0 Å². The van der Waals surface area contributed by atoms with Gasteiger partial charge in [-0.1, -0.05) is 19.8 Å². The van der Waals surface area contributed by atoms with Gasteiger partial charge in [0.25, 0.3) is 0 Å². The van der Waals surface area contributed by atoms with E-state index in [0.29, 0.717) is 18.6 Å². The second-order valence-corrected chi connectivity index (χ2v) is 4.39. The Morgan fingerprint density at radius 3 is 2.29 bits per heavy atom. The van der Waals surface area contributed by atoms with Crippen molar-refractivity contribution < 1.29 is 27.9 Å². The quantitative estimate of drug-likeness (QED) is 0.707. The lowest BCUT2D eigenvalue weighted by atomic mass is 10.1. The molecular formula is C13H15F3N2O3. The van der Waals surface area contributed by atoms with Crippen molar-refractivity contribution in [1.82, 2.24) is 5.32 Å². The third-order valence-electron chi connectivity index (χ3n) is 2.69. The summed E-state index contributed by atoms with van der Waals surface area (Å²) in [6, 6.07) is -0.858. The van der Waals surface area contributed by atoms with Gasteiger partial charge in [0.2, 0.25) is 0 Å². The fourth-order valence-corrected chi connectivity index (χ4v) is 1.62. The number of anilines is 1. The van der Waals surface area contributed by atoms with Crippen LogP contribution >= 0.6 is 0 Å². The highest BCUT2D eigenvalue weighted by atomic mass is 19.2. The molecule has 1 aromatic carbocycles. The summed E-state index contributed by atoms with van der Waals surface area (Å²) in [7, 11) is 0. The van der Waals surface area contributed by atoms with Crippen molar-refractivity contribution in [2.45, 2.75) is 32.2 Å². The number of unbranched alkanes of at least 4 members (excludes halogenated alkanes) is 1. The van der Waals surface area contributed by atoms with Crippen LogP contribution in [-0.2, 0) is 4.79 Å². The minimum absolute atomic E-state index is 0.228. The summed E-state index contributed by atoms with van der Waals surface area (Å²) in [4.78, 5) is 22.5. The maximum absolute atomic E-state index is 13.0. The van der Waals surface area contributed by atoms with E-state index in [0.717, 1.165) is 6.42 Å². The van der Waals surface area contributed by atoms with Crippen LogP contribution in [0.3, 0.4) is 0 Å². The Bertz CT molecular complexity index is 514. The molecule has 0 fully saturated rings. The van der Waals surface area contributed by atoms with Gasteiger partial charge in [-0.15, -0.1) is 0 Å². The summed E-state index contributed by atoms with van der Waals surface area (Å²) in [5, 5.41) is 13.1. The molecule has 0 aliphatic rings. The van der Waals surface area contributed by atoms with Crippen molar-refractivity contribution in [2.24, 2.45) is 0 Å². The van der Waals surface area contributed by atoms with Crippen LogP contribution in [-0.4, -0.2) is 23.1 Å². The Morgan fingerprint density at radius 2 is 1.81 bits per heavy atom. The van der Waals surface area contributed by atoms with E-state index in [9.17, 15) is 22.8 Å². The van der Waals surface area contributed by atoms with Gasteiger partial charge in [-0.2, -0.15) is 0 Å². The molecule has 116 valence electrons. The molecule has 1 rings (SSSR count). The Balaban J connectivity index is 2.70. The zero-order chi connectivity index (χ0) is 16.0. The van der Waals surface area contributed by atoms with Crippen molar-refractivity contribution in [3.8, 4) is 0 Å². The molecule has 0 heterocycles. The molecule has 0 radical (unpaired) electrons. The molecule has 2 amide bonds. The Kier molecular flexibility index (Phi) is 6.01. The molecule has 3 N–H and O–H groups in total. The van der Waals surface area contributed by atoms with Gasteiger partial charge in [0, 0.05) is 17.8 Å². The zero-order valence-electron chi connectivity index (χ0n) is 11.3. The SMILES string of the molecule is CCCC[C@H](NC(=O)Nc1cc(F)c(F)c(F)c1)C(=O)O. The number of nitrogens with one attached hydrogen (secondary N) is 2. The number of benzene rings is 1. The molecule has 0 spiro atoms. The maximum atomic E-state index is 13.0. The largest absolute Gasteiger partial charge is 0.480 e.